The Hall–Kier alpha value is -2.03. The summed E-state index contributed by atoms with van der Waals surface area (Å²) in [7, 11) is 0. The quantitative estimate of drug-likeness (QED) is 0.516. The SMILES string of the molecule is C=C1C(=O)O[C@H]2[C@H]1[C@H](OC(=O)/C(C)=C/C)[C@@H]1O[C@](C)(CCC(=O)[C@]1(C)O)[C@@H]2O. The first-order valence-electron chi connectivity index (χ1n) is 9.29. The summed E-state index contributed by atoms with van der Waals surface area (Å²) >= 11 is 0. The van der Waals surface area contributed by atoms with Crippen molar-refractivity contribution >= 4 is 17.7 Å². The van der Waals surface area contributed by atoms with Crippen molar-refractivity contribution in [1.82, 2.24) is 0 Å². The van der Waals surface area contributed by atoms with E-state index in [1.54, 1.807) is 26.8 Å². The van der Waals surface area contributed by atoms with Crippen LogP contribution in [0.5, 0.6) is 0 Å². The van der Waals surface area contributed by atoms with Crippen molar-refractivity contribution in [3.63, 3.8) is 0 Å². The molecule has 28 heavy (non-hydrogen) atoms. The molecule has 3 saturated heterocycles. The van der Waals surface area contributed by atoms with Crippen molar-refractivity contribution in [2.75, 3.05) is 0 Å². The van der Waals surface area contributed by atoms with Crippen LogP contribution < -0.4 is 0 Å². The Morgan fingerprint density at radius 1 is 1.36 bits per heavy atom. The molecule has 0 saturated carbocycles. The third kappa shape index (κ3) is 3.00. The van der Waals surface area contributed by atoms with E-state index in [4.69, 9.17) is 14.2 Å². The number of aliphatic hydroxyl groups excluding tert-OH is 1. The second kappa shape index (κ2) is 6.79. The molecule has 3 fully saturated rings. The minimum atomic E-state index is -1.99. The molecule has 0 aromatic carbocycles. The maximum absolute atomic E-state index is 12.6. The van der Waals surface area contributed by atoms with E-state index in [2.05, 4.69) is 6.58 Å². The first-order chi connectivity index (χ1) is 12.9. The van der Waals surface area contributed by atoms with Gasteiger partial charge in [0.1, 0.15) is 30.0 Å². The van der Waals surface area contributed by atoms with Crippen LogP contribution in [-0.2, 0) is 28.6 Å². The van der Waals surface area contributed by atoms with Gasteiger partial charge in [-0.3, -0.25) is 4.79 Å². The molecular formula is C20H26O8. The summed E-state index contributed by atoms with van der Waals surface area (Å²) in [6, 6.07) is 0. The summed E-state index contributed by atoms with van der Waals surface area (Å²) in [5.41, 5.74) is -2.97. The summed E-state index contributed by atoms with van der Waals surface area (Å²) in [6.45, 7) is 9.83. The van der Waals surface area contributed by atoms with Gasteiger partial charge in [-0.15, -0.1) is 0 Å². The Labute approximate surface area is 163 Å². The number of rotatable bonds is 2. The average molecular weight is 394 g/mol. The Balaban J connectivity index is 2.16. The van der Waals surface area contributed by atoms with Crippen molar-refractivity contribution in [2.45, 2.75) is 76.2 Å². The zero-order valence-corrected chi connectivity index (χ0v) is 16.4. The number of allylic oxidation sites excluding steroid dienone is 1. The van der Waals surface area contributed by atoms with Crippen LogP contribution in [0.2, 0.25) is 0 Å². The number of carbonyl (C=O) groups excluding carboxylic acids is 3. The molecule has 8 nitrogen and oxygen atoms in total. The van der Waals surface area contributed by atoms with Gasteiger partial charge in [0.25, 0.3) is 0 Å². The van der Waals surface area contributed by atoms with Gasteiger partial charge in [-0.05, 0) is 34.1 Å². The normalized spacial score (nSPS) is 43.7. The van der Waals surface area contributed by atoms with Gasteiger partial charge in [0.05, 0.1) is 11.5 Å². The first kappa shape index (κ1) is 20.7. The average Bonchev–Trinajstić information content (AvgIpc) is 2.85. The Kier molecular flexibility index (Phi) is 5.02. The Bertz CT molecular complexity index is 766. The van der Waals surface area contributed by atoms with Gasteiger partial charge in [-0.2, -0.15) is 0 Å². The fourth-order valence-corrected chi connectivity index (χ4v) is 4.10. The molecule has 0 aromatic rings. The molecule has 3 rings (SSSR count). The third-order valence-electron chi connectivity index (χ3n) is 6.21. The van der Waals surface area contributed by atoms with Gasteiger partial charge >= 0.3 is 11.9 Å². The van der Waals surface area contributed by atoms with Crippen LogP contribution in [0.3, 0.4) is 0 Å². The van der Waals surface area contributed by atoms with Crippen molar-refractivity contribution in [2.24, 2.45) is 5.92 Å². The summed E-state index contributed by atoms with van der Waals surface area (Å²) in [6.07, 6.45) is -3.30. The van der Waals surface area contributed by atoms with Crippen LogP contribution in [0.25, 0.3) is 0 Å². The van der Waals surface area contributed by atoms with Crippen molar-refractivity contribution in [3.05, 3.63) is 23.8 Å². The zero-order chi connectivity index (χ0) is 21.0. The highest BCUT2D eigenvalue weighted by Crippen LogP contribution is 2.47. The van der Waals surface area contributed by atoms with Crippen molar-refractivity contribution in [3.8, 4) is 0 Å². The molecular weight excluding hydrogens is 368 g/mol. The minimum absolute atomic E-state index is 0.00153. The molecule has 0 aromatic heterocycles. The smallest absolute Gasteiger partial charge is 0.334 e. The number of esters is 2. The van der Waals surface area contributed by atoms with Gasteiger partial charge in [-0.25, -0.2) is 9.59 Å². The maximum Gasteiger partial charge on any atom is 0.334 e. The number of Topliss-reactive ketones (excluding diaryl/α,β-unsaturated/α-hetero) is 1. The fraction of sp³-hybridized carbons (Fsp3) is 0.650. The van der Waals surface area contributed by atoms with Crippen LogP contribution in [0, 0.1) is 5.92 Å². The zero-order valence-electron chi connectivity index (χ0n) is 16.4. The van der Waals surface area contributed by atoms with E-state index in [9.17, 15) is 24.6 Å². The van der Waals surface area contributed by atoms with E-state index < -0.39 is 59.3 Å². The molecule has 8 heteroatoms. The molecule has 2 N–H and O–H groups in total. The number of ether oxygens (including phenoxy) is 3. The lowest BCUT2D eigenvalue weighted by molar-refractivity contribution is -0.212. The van der Waals surface area contributed by atoms with Gasteiger partial charge < -0.3 is 24.4 Å². The van der Waals surface area contributed by atoms with Gasteiger partial charge in [-0.1, -0.05) is 12.7 Å². The van der Waals surface area contributed by atoms with E-state index in [1.807, 2.05) is 0 Å². The summed E-state index contributed by atoms with van der Waals surface area (Å²) < 4.78 is 17.0. The minimum Gasteiger partial charge on any atom is -0.455 e. The van der Waals surface area contributed by atoms with Crippen molar-refractivity contribution in [1.29, 1.82) is 0 Å². The van der Waals surface area contributed by atoms with Crippen LogP contribution in [0.15, 0.2) is 23.8 Å². The van der Waals surface area contributed by atoms with Crippen molar-refractivity contribution < 1.29 is 38.8 Å². The molecule has 0 amide bonds. The lowest BCUT2D eigenvalue weighted by Gasteiger charge is -2.38. The largest absolute Gasteiger partial charge is 0.455 e. The first-order valence-corrected chi connectivity index (χ1v) is 9.29. The van der Waals surface area contributed by atoms with E-state index in [1.165, 1.54) is 6.92 Å². The molecule has 3 aliphatic heterocycles. The molecule has 7 atom stereocenters. The lowest BCUT2D eigenvalue weighted by Crippen LogP contribution is -2.56. The number of aliphatic hydroxyl groups is 2. The molecule has 0 radical (unpaired) electrons. The molecule has 154 valence electrons. The highest BCUT2D eigenvalue weighted by molar-refractivity contribution is 5.92. The molecule has 0 aliphatic carbocycles. The maximum atomic E-state index is 12.6. The van der Waals surface area contributed by atoms with E-state index >= 15 is 0 Å². The van der Waals surface area contributed by atoms with E-state index in [0.29, 0.717) is 5.57 Å². The predicted molar refractivity (Wildman–Crippen MR) is 96.0 cm³/mol. The molecule has 2 bridgehead atoms. The van der Waals surface area contributed by atoms with Crippen LogP contribution in [-0.4, -0.2) is 63.6 Å². The van der Waals surface area contributed by atoms with Gasteiger partial charge in [0.15, 0.2) is 5.78 Å². The number of fused-ring (bicyclic) bond motifs is 3. The summed E-state index contributed by atoms with van der Waals surface area (Å²) in [4.78, 5) is 37.3. The molecule has 0 spiro atoms. The monoisotopic (exact) mass is 394 g/mol. The Morgan fingerprint density at radius 3 is 2.61 bits per heavy atom. The third-order valence-corrected chi connectivity index (χ3v) is 6.21. The van der Waals surface area contributed by atoms with E-state index in [0.717, 1.165) is 0 Å². The fourth-order valence-electron chi connectivity index (χ4n) is 4.10. The molecule has 3 heterocycles. The second-order valence-electron chi connectivity index (χ2n) is 8.13. The summed E-state index contributed by atoms with van der Waals surface area (Å²) in [5.74, 6) is -2.86. The topological polar surface area (TPSA) is 119 Å². The van der Waals surface area contributed by atoms with Crippen LogP contribution in [0.4, 0.5) is 0 Å². The number of hydrogen-bond acceptors (Lipinski definition) is 8. The standard InChI is InChI=1S/C20H26O8/c1-6-9(2)17(23)27-14-12-10(3)18(24)26-13(12)15(22)19(4)8-7-11(21)20(5,25)16(14)28-19/h6,12-16,22,25H,3,7-8H2,1-2,4-5H3/b9-6+/t12-,13-,14-,15+,16-,19+,20-/m0/s1. The second-order valence-corrected chi connectivity index (χ2v) is 8.13. The highest BCUT2D eigenvalue weighted by Gasteiger charge is 2.64. The van der Waals surface area contributed by atoms with Gasteiger partial charge in [0, 0.05) is 17.6 Å². The number of carbonyl (C=O) groups is 3. The molecule has 0 unspecified atom stereocenters. The van der Waals surface area contributed by atoms with Crippen LogP contribution >= 0.6 is 0 Å². The lowest BCUT2D eigenvalue weighted by atomic mass is 9.76. The van der Waals surface area contributed by atoms with Crippen LogP contribution in [0.1, 0.15) is 40.5 Å². The highest BCUT2D eigenvalue weighted by atomic mass is 16.6. The van der Waals surface area contributed by atoms with Gasteiger partial charge in [0.2, 0.25) is 0 Å². The number of hydrogen-bond donors (Lipinski definition) is 2. The Morgan fingerprint density at radius 2 is 2.00 bits per heavy atom. The predicted octanol–water partition coefficient (Wildman–Crippen LogP) is 0.594. The summed E-state index contributed by atoms with van der Waals surface area (Å²) in [5, 5.41) is 22.0. The van der Waals surface area contributed by atoms with E-state index in [-0.39, 0.29) is 18.4 Å². The molecule has 3 aliphatic rings. The number of ketones is 1.